The van der Waals surface area contributed by atoms with Crippen molar-refractivity contribution in [3.63, 3.8) is 0 Å². The van der Waals surface area contributed by atoms with Crippen molar-refractivity contribution < 1.29 is 14.3 Å². The Hall–Kier alpha value is -1.79. The van der Waals surface area contributed by atoms with Crippen LogP contribution in [0.4, 0.5) is 0 Å². The molecule has 2 aromatic rings. The third-order valence-electron chi connectivity index (χ3n) is 3.41. The molecule has 0 radical (unpaired) electrons. The number of thioether (sulfide) groups is 1. The van der Waals surface area contributed by atoms with Crippen molar-refractivity contribution in [3.8, 4) is 0 Å². The molecule has 0 aliphatic rings. The average molecular weight is 408 g/mol. The molecule has 0 aromatic heterocycles. The molecule has 0 heterocycles. The maximum absolute atomic E-state index is 12.1. The molecule has 0 saturated heterocycles. The standard InChI is InChI=1S/C18H18BrNO3S/c1-12(13-7-9-14(19)10-8-13)20-17(21)11-23-18(22)15-5-3-4-6-16(15)24-2/h3-10,12H,11H2,1-2H3,(H,20,21)/t12-/m1/s1. The minimum atomic E-state index is -0.494. The van der Waals surface area contributed by atoms with Crippen molar-refractivity contribution in [3.05, 3.63) is 64.1 Å². The number of benzene rings is 2. The van der Waals surface area contributed by atoms with E-state index in [9.17, 15) is 9.59 Å². The zero-order chi connectivity index (χ0) is 17.5. The molecule has 0 aliphatic carbocycles. The van der Waals surface area contributed by atoms with Gasteiger partial charge < -0.3 is 10.1 Å². The molecule has 1 amide bonds. The number of nitrogens with one attached hydrogen (secondary N) is 1. The summed E-state index contributed by atoms with van der Waals surface area (Å²) >= 11 is 4.84. The van der Waals surface area contributed by atoms with Crippen LogP contribution >= 0.6 is 27.7 Å². The van der Waals surface area contributed by atoms with E-state index in [1.54, 1.807) is 12.1 Å². The van der Waals surface area contributed by atoms with E-state index >= 15 is 0 Å². The summed E-state index contributed by atoms with van der Waals surface area (Å²) in [5.41, 5.74) is 1.45. The Balaban J connectivity index is 1.88. The smallest absolute Gasteiger partial charge is 0.339 e. The van der Waals surface area contributed by atoms with Crippen LogP contribution in [0.15, 0.2) is 57.9 Å². The van der Waals surface area contributed by atoms with Crippen LogP contribution in [0, 0.1) is 0 Å². The summed E-state index contributed by atoms with van der Waals surface area (Å²) in [6, 6.07) is 14.7. The van der Waals surface area contributed by atoms with Crippen LogP contribution < -0.4 is 5.32 Å². The number of hydrogen-bond acceptors (Lipinski definition) is 4. The third kappa shape index (κ3) is 5.11. The Morgan fingerprint density at radius 2 is 1.83 bits per heavy atom. The highest BCUT2D eigenvalue weighted by molar-refractivity contribution is 9.10. The number of esters is 1. The summed E-state index contributed by atoms with van der Waals surface area (Å²) in [4.78, 5) is 24.9. The number of amides is 1. The molecular weight excluding hydrogens is 390 g/mol. The molecule has 0 spiro atoms. The van der Waals surface area contributed by atoms with E-state index in [0.29, 0.717) is 5.56 Å². The van der Waals surface area contributed by atoms with E-state index in [1.807, 2.05) is 49.6 Å². The molecule has 0 aliphatic heterocycles. The molecule has 126 valence electrons. The van der Waals surface area contributed by atoms with Crippen molar-refractivity contribution in [2.24, 2.45) is 0 Å². The zero-order valence-corrected chi connectivity index (χ0v) is 15.8. The number of carbonyl (C=O) groups is 2. The maximum Gasteiger partial charge on any atom is 0.339 e. The number of carbonyl (C=O) groups excluding carboxylic acids is 2. The van der Waals surface area contributed by atoms with Gasteiger partial charge in [0.05, 0.1) is 11.6 Å². The first-order chi connectivity index (χ1) is 11.5. The van der Waals surface area contributed by atoms with Crippen molar-refractivity contribution in [1.29, 1.82) is 0 Å². The van der Waals surface area contributed by atoms with Crippen LogP contribution in [0.3, 0.4) is 0 Å². The number of ether oxygens (including phenoxy) is 1. The van der Waals surface area contributed by atoms with Gasteiger partial charge in [0.2, 0.25) is 0 Å². The molecular formula is C18H18BrNO3S. The van der Waals surface area contributed by atoms with Crippen LogP contribution in [0.5, 0.6) is 0 Å². The van der Waals surface area contributed by atoms with Gasteiger partial charge in [0.1, 0.15) is 0 Å². The molecule has 1 atom stereocenters. The van der Waals surface area contributed by atoms with Gasteiger partial charge in [0.25, 0.3) is 5.91 Å². The Morgan fingerprint density at radius 3 is 2.50 bits per heavy atom. The fourth-order valence-electron chi connectivity index (χ4n) is 2.14. The van der Waals surface area contributed by atoms with E-state index < -0.39 is 5.97 Å². The first-order valence-electron chi connectivity index (χ1n) is 7.36. The minimum absolute atomic E-state index is 0.164. The normalized spacial score (nSPS) is 11.6. The SMILES string of the molecule is CSc1ccccc1C(=O)OCC(=O)N[C@H](C)c1ccc(Br)cc1. The molecule has 1 N–H and O–H groups in total. The van der Waals surface area contributed by atoms with E-state index in [2.05, 4.69) is 21.2 Å². The Bertz CT molecular complexity index is 718. The first-order valence-corrected chi connectivity index (χ1v) is 9.38. The molecule has 4 nitrogen and oxygen atoms in total. The van der Waals surface area contributed by atoms with Crippen LogP contribution in [0.1, 0.15) is 28.9 Å². The van der Waals surface area contributed by atoms with Gasteiger partial charge in [0.15, 0.2) is 6.61 Å². The second kappa shape index (κ2) is 8.89. The Labute approximate surface area is 154 Å². The lowest BCUT2D eigenvalue weighted by Crippen LogP contribution is -2.31. The summed E-state index contributed by atoms with van der Waals surface area (Å²) in [5, 5.41) is 2.81. The number of hydrogen-bond donors (Lipinski definition) is 1. The second-order valence-electron chi connectivity index (χ2n) is 5.12. The van der Waals surface area contributed by atoms with Gasteiger partial charge in [-0.1, -0.05) is 40.2 Å². The highest BCUT2D eigenvalue weighted by Crippen LogP contribution is 2.20. The molecule has 0 fully saturated rings. The quantitative estimate of drug-likeness (QED) is 0.575. The highest BCUT2D eigenvalue weighted by atomic mass is 79.9. The zero-order valence-electron chi connectivity index (χ0n) is 13.4. The van der Waals surface area contributed by atoms with Crippen molar-refractivity contribution in [2.45, 2.75) is 17.9 Å². The lowest BCUT2D eigenvalue weighted by atomic mass is 10.1. The first kappa shape index (κ1) is 18.5. The fourth-order valence-corrected chi connectivity index (χ4v) is 2.99. The van der Waals surface area contributed by atoms with Crippen LogP contribution in [-0.2, 0) is 9.53 Å². The maximum atomic E-state index is 12.1. The van der Waals surface area contributed by atoms with Gasteiger partial charge in [-0.25, -0.2) is 4.79 Å². The predicted octanol–water partition coefficient (Wildman–Crippen LogP) is 4.21. The second-order valence-corrected chi connectivity index (χ2v) is 6.88. The highest BCUT2D eigenvalue weighted by Gasteiger charge is 2.15. The van der Waals surface area contributed by atoms with E-state index in [-0.39, 0.29) is 18.6 Å². The lowest BCUT2D eigenvalue weighted by Gasteiger charge is -2.14. The van der Waals surface area contributed by atoms with E-state index in [1.165, 1.54) is 11.8 Å². The summed E-state index contributed by atoms with van der Waals surface area (Å²) in [5.74, 6) is -0.827. The van der Waals surface area contributed by atoms with Gasteiger partial charge in [-0.2, -0.15) is 0 Å². The van der Waals surface area contributed by atoms with Gasteiger partial charge in [-0.3, -0.25) is 4.79 Å². The predicted molar refractivity (Wildman–Crippen MR) is 99.2 cm³/mol. The molecule has 6 heteroatoms. The number of halogens is 1. The molecule has 0 unspecified atom stereocenters. The minimum Gasteiger partial charge on any atom is -0.452 e. The van der Waals surface area contributed by atoms with Crippen molar-refractivity contribution >= 4 is 39.6 Å². The van der Waals surface area contributed by atoms with Gasteiger partial charge in [-0.05, 0) is 43.0 Å². The van der Waals surface area contributed by atoms with Gasteiger partial charge in [0, 0.05) is 9.37 Å². The molecule has 2 rings (SSSR count). The molecule has 24 heavy (non-hydrogen) atoms. The summed E-state index contributed by atoms with van der Waals surface area (Å²) in [7, 11) is 0. The summed E-state index contributed by atoms with van der Waals surface area (Å²) in [6.07, 6.45) is 1.89. The molecule has 2 aromatic carbocycles. The summed E-state index contributed by atoms with van der Waals surface area (Å²) < 4.78 is 6.09. The average Bonchev–Trinajstić information content (AvgIpc) is 2.60. The number of rotatable bonds is 6. The molecule has 0 saturated carbocycles. The van der Waals surface area contributed by atoms with Crippen molar-refractivity contribution in [2.75, 3.05) is 12.9 Å². The van der Waals surface area contributed by atoms with Crippen molar-refractivity contribution in [1.82, 2.24) is 5.32 Å². The Kier molecular flexibility index (Phi) is 6.87. The Morgan fingerprint density at radius 1 is 1.17 bits per heavy atom. The largest absolute Gasteiger partial charge is 0.452 e. The van der Waals surface area contributed by atoms with Gasteiger partial charge >= 0.3 is 5.97 Å². The summed E-state index contributed by atoms with van der Waals surface area (Å²) in [6.45, 7) is 1.58. The third-order valence-corrected chi connectivity index (χ3v) is 4.73. The van der Waals surface area contributed by atoms with Crippen LogP contribution in [0.2, 0.25) is 0 Å². The van der Waals surface area contributed by atoms with Crippen LogP contribution in [-0.4, -0.2) is 24.7 Å². The fraction of sp³-hybridized carbons (Fsp3) is 0.222. The van der Waals surface area contributed by atoms with Crippen LogP contribution in [0.25, 0.3) is 0 Å². The lowest BCUT2D eigenvalue weighted by molar-refractivity contribution is -0.124. The van der Waals surface area contributed by atoms with E-state index in [4.69, 9.17) is 4.74 Å². The monoisotopic (exact) mass is 407 g/mol. The topological polar surface area (TPSA) is 55.4 Å². The van der Waals surface area contributed by atoms with Gasteiger partial charge in [-0.15, -0.1) is 11.8 Å². The van der Waals surface area contributed by atoms with E-state index in [0.717, 1.165) is 14.9 Å². The molecule has 0 bridgehead atoms.